The van der Waals surface area contributed by atoms with Crippen molar-refractivity contribution in [2.75, 3.05) is 13.7 Å². The summed E-state index contributed by atoms with van der Waals surface area (Å²) in [6.45, 7) is 6.48. The van der Waals surface area contributed by atoms with E-state index in [2.05, 4.69) is 19.2 Å². The molecule has 1 amide bonds. The van der Waals surface area contributed by atoms with Gasteiger partial charge < -0.3 is 19.2 Å². The quantitative estimate of drug-likeness (QED) is 0.642. The Hall–Kier alpha value is -2.99. The van der Waals surface area contributed by atoms with E-state index in [4.69, 9.17) is 25.5 Å². The van der Waals surface area contributed by atoms with E-state index in [1.165, 1.54) is 0 Å². The standard InChI is InChI=1S/C23H22ClNO5/c1-11(2)10-29-16-6-5-13(8-18(16)28-4)20-19-21(26)14-9-15(24)12(3)7-17(14)30-22(19)23(27)25-20/h5-9,11,20H,10H2,1-4H3,(H,25,27). The molecule has 1 aromatic heterocycles. The van der Waals surface area contributed by atoms with Gasteiger partial charge in [0.15, 0.2) is 16.9 Å². The van der Waals surface area contributed by atoms with Crippen LogP contribution in [0.3, 0.4) is 0 Å². The van der Waals surface area contributed by atoms with E-state index in [-0.39, 0.29) is 16.8 Å². The lowest BCUT2D eigenvalue weighted by atomic mass is 9.98. The molecule has 0 radical (unpaired) electrons. The molecule has 0 saturated heterocycles. The average molecular weight is 428 g/mol. The number of rotatable bonds is 5. The number of aryl methyl sites for hydroxylation is 1. The Bertz CT molecular complexity index is 1210. The maximum absolute atomic E-state index is 13.2. The molecule has 0 bridgehead atoms. The molecule has 7 heteroatoms. The summed E-state index contributed by atoms with van der Waals surface area (Å²) in [6, 6.07) is 7.96. The number of halogens is 1. The predicted molar refractivity (Wildman–Crippen MR) is 115 cm³/mol. The van der Waals surface area contributed by atoms with Gasteiger partial charge in [0.05, 0.1) is 30.7 Å². The Morgan fingerprint density at radius 3 is 2.63 bits per heavy atom. The van der Waals surface area contributed by atoms with Crippen molar-refractivity contribution >= 4 is 28.5 Å². The zero-order valence-corrected chi connectivity index (χ0v) is 17.9. The van der Waals surface area contributed by atoms with Gasteiger partial charge in [-0.2, -0.15) is 0 Å². The van der Waals surface area contributed by atoms with Crippen LogP contribution < -0.4 is 20.2 Å². The molecule has 1 unspecified atom stereocenters. The number of ether oxygens (including phenoxy) is 2. The molecule has 2 heterocycles. The van der Waals surface area contributed by atoms with Gasteiger partial charge in [-0.15, -0.1) is 0 Å². The molecule has 6 nitrogen and oxygen atoms in total. The fourth-order valence-corrected chi connectivity index (χ4v) is 3.68. The van der Waals surface area contributed by atoms with Crippen molar-refractivity contribution in [1.82, 2.24) is 5.32 Å². The normalized spacial score (nSPS) is 15.4. The summed E-state index contributed by atoms with van der Waals surface area (Å²) in [5.74, 6) is 1.09. The van der Waals surface area contributed by atoms with Crippen LogP contribution >= 0.6 is 11.6 Å². The predicted octanol–water partition coefficient (Wildman–Crippen LogP) is 4.63. The third kappa shape index (κ3) is 3.41. The molecular formula is C23H22ClNO5. The van der Waals surface area contributed by atoms with Crippen LogP contribution in [-0.4, -0.2) is 19.6 Å². The first-order valence-electron chi connectivity index (χ1n) is 9.68. The number of hydrogen-bond donors (Lipinski definition) is 1. The van der Waals surface area contributed by atoms with E-state index in [0.29, 0.717) is 45.6 Å². The summed E-state index contributed by atoms with van der Waals surface area (Å²) in [5, 5.41) is 3.65. The highest BCUT2D eigenvalue weighted by atomic mass is 35.5. The van der Waals surface area contributed by atoms with Gasteiger partial charge in [-0.1, -0.05) is 31.5 Å². The van der Waals surface area contributed by atoms with Crippen LogP contribution in [0.5, 0.6) is 11.5 Å². The molecule has 4 rings (SSSR count). The Labute approximate surface area is 178 Å². The van der Waals surface area contributed by atoms with Gasteiger partial charge in [-0.25, -0.2) is 0 Å². The van der Waals surface area contributed by atoms with Crippen LogP contribution in [0.25, 0.3) is 11.0 Å². The van der Waals surface area contributed by atoms with Crippen molar-refractivity contribution < 1.29 is 18.7 Å². The van der Waals surface area contributed by atoms with Gasteiger partial charge in [0.1, 0.15) is 5.58 Å². The molecule has 30 heavy (non-hydrogen) atoms. The molecule has 1 aliphatic rings. The summed E-state index contributed by atoms with van der Waals surface area (Å²) in [7, 11) is 1.55. The third-order valence-electron chi connectivity index (χ3n) is 5.07. The molecule has 0 saturated carbocycles. The first-order chi connectivity index (χ1) is 14.3. The van der Waals surface area contributed by atoms with Crippen LogP contribution in [0.1, 0.15) is 47.1 Å². The molecule has 1 atom stereocenters. The van der Waals surface area contributed by atoms with E-state index in [9.17, 15) is 9.59 Å². The van der Waals surface area contributed by atoms with Gasteiger partial charge in [-0.3, -0.25) is 9.59 Å². The highest BCUT2D eigenvalue weighted by Crippen LogP contribution is 2.36. The van der Waals surface area contributed by atoms with E-state index < -0.39 is 11.9 Å². The minimum atomic E-state index is -0.652. The molecule has 1 N–H and O–H groups in total. The average Bonchev–Trinajstić information content (AvgIpc) is 3.04. The molecule has 156 valence electrons. The summed E-state index contributed by atoms with van der Waals surface area (Å²) >= 11 is 6.21. The summed E-state index contributed by atoms with van der Waals surface area (Å²) < 4.78 is 17.1. The maximum Gasteiger partial charge on any atom is 0.288 e. The minimum absolute atomic E-state index is 0.0262. The number of carbonyl (C=O) groups excluding carboxylic acids is 1. The summed E-state index contributed by atoms with van der Waals surface area (Å²) in [4.78, 5) is 25.8. The third-order valence-corrected chi connectivity index (χ3v) is 5.48. The molecule has 2 aromatic carbocycles. The largest absolute Gasteiger partial charge is 0.493 e. The van der Waals surface area contributed by atoms with Crippen molar-refractivity contribution in [2.24, 2.45) is 5.92 Å². The maximum atomic E-state index is 13.2. The number of methoxy groups -OCH3 is 1. The van der Waals surface area contributed by atoms with Crippen molar-refractivity contribution in [3.63, 3.8) is 0 Å². The van der Waals surface area contributed by atoms with Gasteiger partial charge in [0.25, 0.3) is 5.91 Å². The van der Waals surface area contributed by atoms with Gasteiger partial charge in [-0.05, 0) is 48.2 Å². The van der Waals surface area contributed by atoms with E-state index in [0.717, 1.165) is 5.56 Å². The molecule has 0 fully saturated rings. The van der Waals surface area contributed by atoms with E-state index >= 15 is 0 Å². The SMILES string of the molecule is COc1cc(C2NC(=O)c3oc4cc(C)c(Cl)cc4c(=O)c32)ccc1OCC(C)C. The Morgan fingerprint density at radius 1 is 1.17 bits per heavy atom. The number of benzene rings is 2. The van der Waals surface area contributed by atoms with Gasteiger partial charge >= 0.3 is 0 Å². The molecular weight excluding hydrogens is 406 g/mol. The summed E-state index contributed by atoms with van der Waals surface area (Å²) in [6.07, 6.45) is 0. The first kappa shape index (κ1) is 20.3. The zero-order valence-electron chi connectivity index (χ0n) is 17.2. The molecule has 0 spiro atoms. The Balaban J connectivity index is 1.82. The van der Waals surface area contributed by atoms with Crippen molar-refractivity contribution in [2.45, 2.75) is 26.8 Å². The monoisotopic (exact) mass is 427 g/mol. The topological polar surface area (TPSA) is 77.8 Å². The number of carbonyl (C=O) groups is 1. The lowest BCUT2D eigenvalue weighted by Gasteiger charge is -2.16. The second-order valence-electron chi connectivity index (χ2n) is 7.79. The fraction of sp³-hybridized carbons (Fsp3) is 0.304. The highest BCUT2D eigenvalue weighted by molar-refractivity contribution is 6.32. The lowest BCUT2D eigenvalue weighted by molar-refractivity contribution is 0.0938. The minimum Gasteiger partial charge on any atom is -0.493 e. The number of nitrogens with one attached hydrogen (secondary N) is 1. The summed E-state index contributed by atoms with van der Waals surface area (Å²) in [5.41, 5.74) is 1.79. The van der Waals surface area contributed by atoms with Crippen LogP contribution in [0.4, 0.5) is 0 Å². The Morgan fingerprint density at radius 2 is 1.93 bits per heavy atom. The van der Waals surface area contributed by atoms with Crippen LogP contribution in [0, 0.1) is 12.8 Å². The second-order valence-corrected chi connectivity index (χ2v) is 8.20. The zero-order chi connectivity index (χ0) is 21.6. The number of hydrogen-bond acceptors (Lipinski definition) is 5. The first-order valence-corrected chi connectivity index (χ1v) is 10.1. The molecule has 1 aliphatic heterocycles. The fourth-order valence-electron chi connectivity index (χ4n) is 3.52. The van der Waals surface area contributed by atoms with Crippen molar-refractivity contribution in [1.29, 1.82) is 0 Å². The molecule has 3 aromatic rings. The van der Waals surface area contributed by atoms with Crippen LogP contribution in [0.2, 0.25) is 5.02 Å². The van der Waals surface area contributed by atoms with E-state index in [1.54, 1.807) is 31.4 Å². The smallest absolute Gasteiger partial charge is 0.288 e. The van der Waals surface area contributed by atoms with Crippen LogP contribution in [-0.2, 0) is 0 Å². The van der Waals surface area contributed by atoms with Gasteiger partial charge in [0.2, 0.25) is 5.76 Å². The second kappa shape index (κ2) is 7.69. The number of fused-ring (bicyclic) bond motifs is 2. The molecule has 0 aliphatic carbocycles. The number of amides is 1. The van der Waals surface area contributed by atoms with Crippen LogP contribution in [0.15, 0.2) is 39.5 Å². The van der Waals surface area contributed by atoms with Crippen molar-refractivity contribution in [3.05, 3.63) is 68.0 Å². The lowest BCUT2D eigenvalue weighted by Crippen LogP contribution is -2.22. The van der Waals surface area contributed by atoms with Crippen molar-refractivity contribution in [3.8, 4) is 11.5 Å². The van der Waals surface area contributed by atoms with Gasteiger partial charge in [0, 0.05) is 5.02 Å². The van der Waals surface area contributed by atoms with E-state index in [1.807, 2.05) is 13.0 Å². The highest BCUT2D eigenvalue weighted by Gasteiger charge is 2.36. The Kier molecular flexibility index (Phi) is 5.20.